The number of fused-ring (bicyclic) bond motifs is 2. The van der Waals surface area contributed by atoms with Crippen LogP contribution in [0.15, 0.2) is 79.3 Å². The Morgan fingerprint density at radius 2 is 1.81 bits per heavy atom. The molecule has 6 rings (SSSR count). The van der Waals surface area contributed by atoms with E-state index >= 15 is 0 Å². The quantitative estimate of drug-likeness (QED) is 0.241. The number of pyridine rings is 2. The van der Waals surface area contributed by atoms with Crippen LogP contribution in [-0.4, -0.2) is 31.1 Å². The second-order valence-electron chi connectivity index (χ2n) is 8.90. The van der Waals surface area contributed by atoms with E-state index in [1.165, 1.54) is 12.1 Å². The van der Waals surface area contributed by atoms with E-state index in [0.29, 0.717) is 12.1 Å². The molecule has 0 bridgehead atoms. The molecule has 0 saturated heterocycles. The largest absolute Gasteiger partial charge is 0.353 e. The van der Waals surface area contributed by atoms with Crippen molar-refractivity contribution in [1.82, 2.24) is 25.1 Å². The molecule has 182 valence electrons. The van der Waals surface area contributed by atoms with Crippen molar-refractivity contribution in [1.29, 1.82) is 0 Å². The van der Waals surface area contributed by atoms with Crippen molar-refractivity contribution < 1.29 is 9.18 Å². The van der Waals surface area contributed by atoms with Crippen LogP contribution in [0.3, 0.4) is 0 Å². The van der Waals surface area contributed by atoms with E-state index in [1.807, 2.05) is 37.3 Å². The summed E-state index contributed by atoms with van der Waals surface area (Å²) in [4.78, 5) is 24.4. The highest BCUT2D eigenvalue weighted by atomic mass is 19.1. The molecule has 4 aromatic heterocycles. The average Bonchev–Trinajstić information content (AvgIpc) is 3.53. The molecule has 0 aliphatic rings. The van der Waals surface area contributed by atoms with Crippen LogP contribution >= 0.6 is 0 Å². The van der Waals surface area contributed by atoms with Crippen molar-refractivity contribution in [3.63, 3.8) is 0 Å². The third-order valence-corrected chi connectivity index (χ3v) is 6.32. The number of anilines is 1. The Morgan fingerprint density at radius 1 is 0.946 bits per heavy atom. The number of nitrogens with zero attached hydrogens (tertiary/aromatic N) is 3. The molecule has 0 unspecified atom stereocenters. The van der Waals surface area contributed by atoms with Gasteiger partial charge >= 0.3 is 0 Å². The molecule has 6 aromatic rings. The van der Waals surface area contributed by atoms with Gasteiger partial charge in [-0.2, -0.15) is 5.10 Å². The summed E-state index contributed by atoms with van der Waals surface area (Å²) in [5.74, 6) is -0.303. The van der Waals surface area contributed by atoms with Gasteiger partial charge in [0.05, 0.1) is 35.0 Å². The number of carbonyl (C=O) groups is 1. The molecule has 0 spiro atoms. The van der Waals surface area contributed by atoms with Gasteiger partial charge in [0.25, 0.3) is 0 Å². The number of carbonyl (C=O) groups excluding carboxylic acids is 1. The minimum atomic E-state index is -0.262. The Balaban J connectivity index is 1.40. The van der Waals surface area contributed by atoms with E-state index in [2.05, 4.69) is 36.5 Å². The molecule has 2 aromatic carbocycles. The zero-order valence-corrected chi connectivity index (χ0v) is 20.0. The van der Waals surface area contributed by atoms with Gasteiger partial charge in [-0.25, -0.2) is 4.39 Å². The highest BCUT2D eigenvalue weighted by Gasteiger charge is 2.15. The zero-order chi connectivity index (χ0) is 25.4. The fourth-order valence-electron chi connectivity index (χ4n) is 4.54. The van der Waals surface area contributed by atoms with Crippen LogP contribution in [0.1, 0.15) is 19.8 Å². The average molecular weight is 491 g/mol. The third kappa shape index (κ3) is 4.33. The lowest BCUT2D eigenvalue weighted by Crippen LogP contribution is -2.10. The summed E-state index contributed by atoms with van der Waals surface area (Å²) in [6, 6.07) is 18.4. The molecule has 0 saturated carbocycles. The summed E-state index contributed by atoms with van der Waals surface area (Å²) >= 11 is 0. The van der Waals surface area contributed by atoms with E-state index in [9.17, 15) is 9.18 Å². The predicted octanol–water partition coefficient (Wildman–Crippen LogP) is 6.71. The maximum Gasteiger partial charge on any atom is 0.224 e. The van der Waals surface area contributed by atoms with Crippen LogP contribution in [0.4, 0.5) is 10.1 Å². The van der Waals surface area contributed by atoms with Gasteiger partial charge in [0.2, 0.25) is 5.91 Å². The summed E-state index contributed by atoms with van der Waals surface area (Å²) in [6.07, 6.45) is 6.33. The molecule has 37 heavy (non-hydrogen) atoms. The number of aromatic nitrogens is 5. The van der Waals surface area contributed by atoms with Gasteiger partial charge in [0, 0.05) is 34.5 Å². The van der Waals surface area contributed by atoms with Crippen molar-refractivity contribution in [2.24, 2.45) is 0 Å². The standard InChI is InChI=1S/C29H23FN6O/c1-2-4-28(37)33-20-11-18(14-31-15-20)25-13-23-27(16-32-25)35-36-29(23)26-12-22-21(5-3-6-24(22)34-26)17-7-9-19(30)10-8-17/h3,5-16,34H,2,4H2,1H3,(H,33,37)(H,35,36). The lowest BCUT2D eigenvalue weighted by atomic mass is 10.0. The molecular formula is C29H23FN6O. The molecule has 1 amide bonds. The summed E-state index contributed by atoms with van der Waals surface area (Å²) in [5.41, 5.74) is 7.47. The number of hydrogen-bond donors (Lipinski definition) is 3. The molecule has 0 atom stereocenters. The lowest BCUT2D eigenvalue weighted by Gasteiger charge is -2.06. The maximum atomic E-state index is 13.5. The maximum absolute atomic E-state index is 13.5. The summed E-state index contributed by atoms with van der Waals surface area (Å²) in [6.45, 7) is 1.96. The first-order valence-corrected chi connectivity index (χ1v) is 12.1. The minimum absolute atomic E-state index is 0.0409. The number of halogens is 1. The van der Waals surface area contributed by atoms with Crippen molar-refractivity contribution >= 4 is 33.4 Å². The van der Waals surface area contributed by atoms with E-state index in [4.69, 9.17) is 0 Å². The molecule has 0 fully saturated rings. The van der Waals surface area contributed by atoms with Gasteiger partial charge in [-0.05, 0) is 53.9 Å². The molecule has 4 heterocycles. The Hall–Kier alpha value is -4.85. The van der Waals surface area contributed by atoms with Gasteiger partial charge in [-0.3, -0.25) is 19.9 Å². The van der Waals surface area contributed by atoms with E-state index in [-0.39, 0.29) is 11.7 Å². The second-order valence-corrected chi connectivity index (χ2v) is 8.90. The summed E-state index contributed by atoms with van der Waals surface area (Å²) < 4.78 is 13.5. The zero-order valence-electron chi connectivity index (χ0n) is 20.0. The van der Waals surface area contributed by atoms with Crippen LogP contribution in [0.25, 0.3) is 55.6 Å². The van der Waals surface area contributed by atoms with Crippen LogP contribution in [-0.2, 0) is 4.79 Å². The van der Waals surface area contributed by atoms with Gasteiger partial charge in [0.15, 0.2) is 0 Å². The first kappa shape index (κ1) is 22.6. The predicted molar refractivity (Wildman–Crippen MR) is 143 cm³/mol. The number of rotatable bonds is 6. The minimum Gasteiger partial charge on any atom is -0.353 e. The van der Waals surface area contributed by atoms with Crippen LogP contribution in [0.5, 0.6) is 0 Å². The first-order chi connectivity index (χ1) is 18.1. The molecular weight excluding hydrogens is 467 g/mol. The van der Waals surface area contributed by atoms with E-state index in [1.54, 1.807) is 30.7 Å². The number of amides is 1. The molecule has 0 radical (unpaired) electrons. The van der Waals surface area contributed by atoms with Crippen molar-refractivity contribution in [2.45, 2.75) is 19.8 Å². The number of nitrogens with one attached hydrogen (secondary N) is 3. The summed E-state index contributed by atoms with van der Waals surface area (Å²) in [5, 5.41) is 12.4. The van der Waals surface area contributed by atoms with Crippen LogP contribution in [0.2, 0.25) is 0 Å². The normalized spacial score (nSPS) is 11.3. The molecule has 8 heteroatoms. The van der Waals surface area contributed by atoms with E-state index < -0.39 is 0 Å². The monoisotopic (exact) mass is 490 g/mol. The van der Waals surface area contributed by atoms with Crippen LogP contribution < -0.4 is 5.32 Å². The number of benzene rings is 2. The Morgan fingerprint density at radius 3 is 2.65 bits per heavy atom. The third-order valence-electron chi connectivity index (χ3n) is 6.32. The fraction of sp³-hybridized carbons (Fsp3) is 0.103. The summed E-state index contributed by atoms with van der Waals surface area (Å²) in [7, 11) is 0. The number of H-pyrrole nitrogens is 2. The Kier molecular flexibility index (Phi) is 5.69. The second kappa shape index (κ2) is 9.31. The fourth-order valence-corrected chi connectivity index (χ4v) is 4.54. The first-order valence-electron chi connectivity index (χ1n) is 12.1. The van der Waals surface area contributed by atoms with E-state index in [0.717, 1.165) is 62.0 Å². The molecule has 0 aliphatic heterocycles. The molecule has 0 aliphatic carbocycles. The highest BCUT2D eigenvalue weighted by Crippen LogP contribution is 2.35. The molecule has 7 nitrogen and oxygen atoms in total. The van der Waals surface area contributed by atoms with Gasteiger partial charge < -0.3 is 10.3 Å². The number of aromatic amines is 2. The Labute approximate surface area is 211 Å². The highest BCUT2D eigenvalue weighted by molar-refractivity contribution is 6.01. The van der Waals surface area contributed by atoms with Crippen molar-refractivity contribution in [3.05, 3.63) is 85.1 Å². The topological polar surface area (TPSA) is 99.4 Å². The molecule has 3 N–H and O–H groups in total. The number of hydrogen-bond acceptors (Lipinski definition) is 4. The Bertz CT molecular complexity index is 1750. The van der Waals surface area contributed by atoms with Gasteiger partial charge in [0.1, 0.15) is 11.5 Å². The lowest BCUT2D eigenvalue weighted by molar-refractivity contribution is -0.116. The van der Waals surface area contributed by atoms with Crippen molar-refractivity contribution in [2.75, 3.05) is 5.32 Å². The van der Waals surface area contributed by atoms with Crippen LogP contribution in [0, 0.1) is 5.82 Å². The van der Waals surface area contributed by atoms with Gasteiger partial charge in [-0.1, -0.05) is 31.2 Å². The smallest absolute Gasteiger partial charge is 0.224 e. The SMILES string of the molecule is CCCC(=O)Nc1cncc(-c2cc3c(-c4cc5c(-c6ccc(F)cc6)cccc5[nH]4)n[nH]c3cn2)c1. The van der Waals surface area contributed by atoms with Crippen molar-refractivity contribution in [3.8, 4) is 33.8 Å². The van der Waals surface area contributed by atoms with Gasteiger partial charge in [-0.15, -0.1) is 0 Å².